The molecule has 0 radical (unpaired) electrons. The van der Waals surface area contributed by atoms with E-state index >= 15 is 0 Å². The van der Waals surface area contributed by atoms with Crippen molar-refractivity contribution in [1.82, 2.24) is 19.7 Å². The van der Waals surface area contributed by atoms with E-state index in [1.165, 1.54) is 24.1 Å². The van der Waals surface area contributed by atoms with Gasteiger partial charge in [0.15, 0.2) is 0 Å². The lowest BCUT2D eigenvalue weighted by Crippen LogP contribution is -2.53. The first-order valence-electron chi connectivity index (χ1n) is 13.3. The number of benzene rings is 1. The van der Waals surface area contributed by atoms with Crippen molar-refractivity contribution in [2.45, 2.75) is 38.3 Å². The minimum atomic E-state index is 0.0936. The summed E-state index contributed by atoms with van der Waals surface area (Å²) in [5.74, 6) is 0.313. The molecule has 3 aliphatic heterocycles. The Kier molecular flexibility index (Phi) is 7.96. The van der Waals surface area contributed by atoms with E-state index in [-0.39, 0.29) is 18.4 Å². The third-order valence-corrected chi connectivity index (χ3v) is 8.06. The molecule has 35 heavy (non-hydrogen) atoms. The van der Waals surface area contributed by atoms with Gasteiger partial charge in [0.25, 0.3) is 5.91 Å². The quantitative estimate of drug-likeness (QED) is 0.690. The van der Waals surface area contributed by atoms with Gasteiger partial charge in [-0.1, -0.05) is 6.07 Å². The van der Waals surface area contributed by atoms with Crippen LogP contribution in [0, 0.1) is 5.92 Å². The number of anilines is 1. The highest BCUT2D eigenvalue weighted by Gasteiger charge is 2.28. The standard InChI is InChI=1S/C28H39N5O2/c34-22-24-4-2-12-33(21-24)28(35)25-5-7-26(8-6-25)31-13-9-27(10-14-31)32-17-15-30(16-18-32)20-23-3-1-11-29-19-23/h1,3,5-8,11,19,24,27,34H,2,4,9-10,12-18,20-22H2/t24-/m0/s1. The maximum absolute atomic E-state index is 12.9. The first kappa shape index (κ1) is 24.2. The van der Waals surface area contributed by atoms with Crippen LogP contribution >= 0.6 is 0 Å². The van der Waals surface area contributed by atoms with Gasteiger partial charge < -0.3 is 14.9 Å². The van der Waals surface area contributed by atoms with Gasteiger partial charge in [-0.25, -0.2) is 0 Å². The number of aliphatic hydroxyl groups excluding tert-OH is 1. The lowest BCUT2D eigenvalue weighted by Gasteiger charge is -2.43. The van der Waals surface area contributed by atoms with Crippen LogP contribution in [-0.4, -0.2) is 95.7 Å². The summed E-state index contributed by atoms with van der Waals surface area (Å²) in [5, 5.41) is 9.46. The van der Waals surface area contributed by atoms with Crippen LogP contribution in [0.25, 0.3) is 0 Å². The highest BCUT2D eigenvalue weighted by Crippen LogP contribution is 2.25. The zero-order chi connectivity index (χ0) is 24.0. The second kappa shape index (κ2) is 11.5. The van der Waals surface area contributed by atoms with Crippen molar-refractivity contribution in [2.24, 2.45) is 5.92 Å². The number of nitrogens with zero attached hydrogens (tertiary/aromatic N) is 5. The summed E-state index contributed by atoms with van der Waals surface area (Å²) >= 11 is 0. The minimum absolute atomic E-state index is 0.0936. The molecule has 4 heterocycles. The molecule has 3 saturated heterocycles. The van der Waals surface area contributed by atoms with Gasteiger partial charge in [-0.2, -0.15) is 0 Å². The average Bonchev–Trinajstić information content (AvgIpc) is 2.94. The number of likely N-dealkylation sites (tertiary alicyclic amines) is 1. The summed E-state index contributed by atoms with van der Waals surface area (Å²) in [5.41, 5.74) is 3.27. The van der Waals surface area contributed by atoms with E-state index in [0.717, 1.165) is 70.8 Å². The number of piperazine rings is 1. The molecule has 188 valence electrons. The largest absolute Gasteiger partial charge is 0.396 e. The van der Waals surface area contributed by atoms with Crippen LogP contribution in [0.5, 0.6) is 0 Å². The van der Waals surface area contributed by atoms with Crippen molar-refractivity contribution >= 4 is 11.6 Å². The monoisotopic (exact) mass is 477 g/mol. The summed E-state index contributed by atoms with van der Waals surface area (Å²) in [6, 6.07) is 13.0. The van der Waals surface area contributed by atoms with Gasteiger partial charge in [0.2, 0.25) is 0 Å². The topological polar surface area (TPSA) is 63.2 Å². The summed E-state index contributed by atoms with van der Waals surface area (Å²) in [4.78, 5) is 26.8. The molecule has 0 aliphatic carbocycles. The molecule has 0 unspecified atom stereocenters. The fraction of sp³-hybridized carbons (Fsp3) is 0.571. The smallest absolute Gasteiger partial charge is 0.253 e. The second-order valence-electron chi connectivity index (χ2n) is 10.4. The summed E-state index contributed by atoms with van der Waals surface area (Å²) in [6.45, 7) is 9.31. The van der Waals surface area contributed by atoms with E-state index in [1.54, 1.807) is 0 Å². The van der Waals surface area contributed by atoms with E-state index in [1.807, 2.05) is 35.5 Å². The fourth-order valence-electron chi connectivity index (χ4n) is 5.92. The van der Waals surface area contributed by atoms with Gasteiger partial charge in [0.05, 0.1) is 0 Å². The fourth-order valence-corrected chi connectivity index (χ4v) is 5.92. The van der Waals surface area contributed by atoms with E-state index < -0.39 is 0 Å². The highest BCUT2D eigenvalue weighted by molar-refractivity contribution is 5.94. The van der Waals surface area contributed by atoms with E-state index in [9.17, 15) is 9.90 Å². The maximum atomic E-state index is 12.9. The molecule has 5 rings (SSSR count). The predicted molar refractivity (Wildman–Crippen MR) is 138 cm³/mol. The number of amides is 1. The number of aliphatic hydroxyl groups is 1. The van der Waals surface area contributed by atoms with Gasteiger partial charge in [0, 0.05) is 95.2 Å². The van der Waals surface area contributed by atoms with Crippen LogP contribution in [0.15, 0.2) is 48.8 Å². The van der Waals surface area contributed by atoms with Gasteiger partial charge in [-0.15, -0.1) is 0 Å². The molecule has 1 N–H and O–H groups in total. The number of carbonyl (C=O) groups is 1. The molecule has 7 nitrogen and oxygen atoms in total. The molecule has 0 bridgehead atoms. The molecule has 0 saturated carbocycles. The molecule has 3 fully saturated rings. The molecule has 1 atom stereocenters. The molecule has 1 aromatic heterocycles. The Bertz CT molecular complexity index is 938. The Morgan fingerprint density at radius 2 is 1.71 bits per heavy atom. The maximum Gasteiger partial charge on any atom is 0.253 e. The Hall–Kier alpha value is -2.48. The van der Waals surface area contributed by atoms with Crippen LogP contribution in [0.2, 0.25) is 0 Å². The molecule has 1 amide bonds. The number of pyridine rings is 1. The molecule has 0 spiro atoms. The second-order valence-corrected chi connectivity index (χ2v) is 10.4. The highest BCUT2D eigenvalue weighted by atomic mass is 16.3. The normalized spacial score (nSPS) is 22.9. The number of carbonyl (C=O) groups excluding carboxylic acids is 1. The van der Waals surface area contributed by atoms with E-state index in [4.69, 9.17) is 0 Å². The van der Waals surface area contributed by atoms with Crippen molar-refractivity contribution in [1.29, 1.82) is 0 Å². The van der Waals surface area contributed by atoms with Crippen molar-refractivity contribution in [2.75, 3.05) is 63.9 Å². The van der Waals surface area contributed by atoms with Gasteiger partial charge in [-0.3, -0.25) is 19.6 Å². The zero-order valence-electron chi connectivity index (χ0n) is 20.8. The number of piperidine rings is 2. The third-order valence-electron chi connectivity index (χ3n) is 8.06. The lowest BCUT2D eigenvalue weighted by molar-refractivity contribution is 0.0620. The van der Waals surface area contributed by atoms with Crippen LogP contribution in [0.3, 0.4) is 0 Å². The van der Waals surface area contributed by atoms with Crippen LogP contribution in [-0.2, 0) is 6.54 Å². The summed E-state index contributed by atoms with van der Waals surface area (Å²) in [7, 11) is 0. The van der Waals surface area contributed by atoms with Gasteiger partial charge >= 0.3 is 0 Å². The Balaban J connectivity index is 1.08. The average molecular weight is 478 g/mol. The Morgan fingerprint density at radius 1 is 0.943 bits per heavy atom. The van der Waals surface area contributed by atoms with Crippen LogP contribution in [0.4, 0.5) is 5.69 Å². The third kappa shape index (κ3) is 6.02. The first-order chi connectivity index (χ1) is 17.2. The summed E-state index contributed by atoms with van der Waals surface area (Å²) in [6.07, 6.45) is 8.19. The SMILES string of the molecule is O=C(c1ccc(N2CCC(N3CCN(Cc4cccnc4)CC3)CC2)cc1)N1CCC[C@H](CO)C1. The molecular weight excluding hydrogens is 438 g/mol. The van der Waals surface area contributed by atoms with Gasteiger partial charge in [-0.05, 0) is 67.5 Å². The first-order valence-corrected chi connectivity index (χ1v) is 13.3. The molecule has 1 aromatic carbocycles. The van der Waals surface area contributed by atoms with Crippen molar-refractivity contribution in [3.05, 3.63) is 59.9 Å². The molecular formula is C28H39N5O2. The Morgan fingerprint density at radius 3 is 2.40 bits per heavy atom. The van der Waals surface area contributed by atoms with Crippen LogP contribution in [0.1, 0.15) is 41.6 Å². The number of hydrogen-bond donors (Lipinski definition) is 1. The lowest BCUT2D eigenvalue weighted by atomic mass is 9.98. The molecule has 2 aromatic rings. The molecule has 7 heteroatoms. The van der Waals surface area contributed by atoms with Crippen molar-refractivity contribution in [3.63, 3.8) is 0 Å². The van der Waals surface area contributed by atoms with Gasteiger partial charge in [0.1, 0.15) is 0 Å². The number of rotatable bonds is 6. The Labute approximate surface area is 209 Å². The number of aromatic nitrogens is 1. The van der Waals surface area contributed by atoms with Crippen molar-refractivity contribution < 1.29 is 9.90 Å². The predicted octanol–water partition coefficient (Wildman–Crippen LogP) is 2.71. The van der Waals surface area contributed by atoms with Crippen molar-refractivity contribution in [3.8, 4) is 0 Å². The number of hydrogen-bond acceptors (Lipinski definition) is 6. The molecule has 3 aliphatic rings. The zero-order valence-corrected chi connectivity index (χ0v) is 20.8. The van der Waals surface area contributed by atoms with E-state index in [2.05, 4.69) is 37.9 Å². The van der Waals surface area contributed by atoms with E-state index in [0.29, 0.717) is 12.6 Å². The van der Waals surface area contributed by atoms with Crippen LogP contribution < -0.4 is 4.90 Å². The summed E-state index contributed by atoms with van der Waals surface area (Å²) < 4.78 is 0. The minimum Gasteiger partial charge on any atom is -0.396 e.